The van der Waals surface area contributed by atoms with Crippen LogP contribution in [-0.2, 0) is 28.6 Å². The summed E-state index contributed by atoms with van der Waals surface area (Å²) >= 11 is 0. The van der Waals surface area contributed by atoms with Gasteiger partial charge in [0.1, 0.15) is 13.2 Å². The molecule has 0 saturated heterocycles. The molecule has 6 heteroatoms. The summed E-state index contributed by atoms with van der Waals surface area (Å²) in [6.45, 7) is 6.29. The number of allylic oxidation sites excluding steroid dienone is 24. The number of carbonyl (C=O) groups is 3. The SMILES string of the molecule is CC/C=C\C/C=C\C/C=C\C/C=C\C/C=C\C/C=C\C/C=C\C/C=C\CCCCCCC(=O)OCC(COC(=O)CCCCCCC)OC(=O)CCCCCCCCCC/C=C\C/C=C\C/C=C\C/C=C\CC. The molecule has 1 unspecified atom stereocenters. The lowest BCUT2D eigenvalue weighted by Crippen LogP contribution is -2.30. The van der Waals surface area contributed by atoms with Crippen molar-refractivity contribution in [2.45, 2.75) is 245 Å². The van der Waals surface area contributed by atoms with Crippen molar-refractivity contribution in [2.24, 2.45) is 0 Å². The lowest BCUT2D eigenvalue weighted by atomic mass is 10.1. The highest BCUT2D eigenvalue weighted by Gasteiger charge is 2.19. The predicted octanol–water partition coefficient (Wildman–Crippen LogP) is 20.0. The van der Waals surface area contributed by atoms with Gasteiger partial charge in [0.05, 0.1) is 0 Å². The number of ether oxygens (including phenoxy) is 3. The zero-order chi connectivity index (χ0) is 52.9. The van der Waals surface area contributed by atoms with Gasteiger partial charge in [-0.05, 0) is 122 Å². The van der Waals surface area contributed by atoms with Crippen LogP contribution in [0.3, 0.4) is 0 Å². The second kappa shape index (κ2) is 59.8. The molecule has 0 aliphatic heterocycles. The summed E-state index contributed by atoms with van der Waals surface area (Å²) < 4.78 is 16.7. The standard InChI is InChI=1S/C67H106O6/c1-4-7-10-13-15-17-19-21-23-25-27-29-30-31-32-33-34-35-36-38-39-41-43-45-47-49-51-54-57-60-66(69)72-63-64(62-71-65(68)59-56-53-12-9-6-3)73-67(70)61-58-55-52-50-48-46-44-42-40-37-28-26-24-22-20-18-16-14-11-8-5-2/h7-8,10-11,15-18,21-24,27-29,31-32,34-35,37-39,43,45,64H,4-6,9,12-14,19-20,25-26,30,33,36,40-42,44,46-63H2,1-3H3/b10-7-,11-8-,17-15-,18-16-,23-21-,24-22-,29-27-,32-31-,35-34-,37-28-,39-38-,45-43-. The Labute approximate surface area is 448 Å². The highest BCUT2D eigenvalue weighted by molar-refractivity contribution is 5.71. The maximum Gasteiger partial charge on any atom is 0.306 e. The highest BCUT2D eigenvalue weighted by atomic mass is 16.6. The highest BCUT2D eigenvalue weighted by Crippen LogP contribution is 2.14. The van der Waals surface area contributed by atoms with Crippen LogP contribution in [0, 0.1) is 0 Å². The molecule has 0 aromatic rings. The van der Waals surface area contributed by atoms with E-state index in [2.05, 4.69) is 167 Å². The maximum atomic E-state index is 12.8. The van der Waals surface area contributed by atoms with Gasteiger partial charge < -0.3 is 14.2 Å². The Morgan fingerprint density at radius 2 is 0.534 bits per heavy atom. The van der Waals surface area contributed by atoms with E-state index in [0.29, 0.717) is 19.3 Å². The molecule has 1 atom stereocenters. The summed E-state index contributed by atoms with van der Waals surface area (Å²) in [6, 6.07) is 0. The minimum Gasteiger partial charge on any atom is -0.462 e. The van der Waals surface area contributed by atoms with Crippen LogP contribution in [0.15, 0.2) is 146 Å². The molecule has 0 N–H and O–H groups in total. The maximum absolute atomic E-state index is 12.8. The Morgan fingerprint density at radius 1 is 0.288 bits per heavy atom. The monoisotopic (exact) mass is 1010 g/mol. The summed E-state index contributed by atoms with van der Waals surface area (Å²) in [4.78, 5) is 37.8. The fourth-order valence-corrected chi connectivity index (χ4v) is 7.51. The molecular weight excluding hydrogens is 901 g/mol. The smallest absolute Gasteiger partial charge is 0.306 e. The van der Waals surface area contributed by atoms with Crippen LogP contribution in [-0.4, -0.2) is 37.2 Å². The molecule has 73 heavy (non-hydrogen) atoms. The van der Waals surface area contributed by atoms with Gasteiger partial charge in [-0.15, -0.1) is 0 Å². The Morgan fingerprint density at radius 3 is 0.836 bits per heavy atom. The Bertz CT molecular complexity index is 1630. The average molecular weight is 1010 g/mol. The molecule has 0 saturated carbocycles. The molecule has 0 fully saturated rings. The molecule has 0 spiro atoms. The zero-order valence-electron chi connectivity index (χ0n) is 46.8. The fourth-order valence-electron chi connectivity index (χ4n) is 7.51. The quantitative estimate of drug-likeness (QED) is 0.0261. The minimum atomic E-state index is -0.796. The van der Waals surface area contributed by atoms with Gasteiger partial charge in [-0.25, -0.2) is 0 Å². The lowest BCUT2D eigenvalue weighted by molar-refractivity contribution is -0.167. The molecule has 410 valence electrons. The van der Waals surface area contributed by atoms with E-state index in [0.717, 1.165) is 167 Å². The van der Waals surface area contributed by atoms with E-state index in [1.807, 2.05) is 0 Å². The van der Waals surface area contributed by atoms with E-state index in [9.17, 15) is 14.4 Å². The number of carbonyl (C=O) groups excluding carboxylic acids is 3. The molecule has 0 bridgehead atoms. The Kier molecular flexibility index (Phi) is 56.0. The van der Waals surface area contributed by atoms with Crippen LogP contribution in [0.25, 0.3) is 0 Å². The van der Waals surface area contributed by atoms with Crippen LogP contribution < -0.4 is 0 Å². The first-order valence-corrected chi connectivity index (χ1v) is 29.3. The third-order valence-corrected chi connectivity index (χ3v) is 11.8. The summed E-state index contributed by atoms with van der Waals surface area (Å²) in [5.74, 6) is -0.950. The van der Waals surface area contributed by atoms with Crippen molar-refractivity contribution >= 4 is 17.9 Å². The van der Waals surface area contributed by atoms with Gasteiger partial charge in [-0.1, -0.05) is 244 Å². The van der Waals surface area contributed by atoms with Gasteiger partial charge in [0.15, 0.2) is 6.10 Å². The molecule has 0 radical (unpaired) electrons. The van der Waals surface area contributed by atoms with E-state index >= 15 is 0 Å². The van der Waals surface area contributed by atoms with Crippen molar-refractivity contribution in [2.75, 3.05) is 13.2 Å². The number of esters is 3. The molecular formula is C67H106O6. The molecule has 0 aliphatic carbocycles. The van der Waals surface area contributed by atoms with Gasteiger partial charge in [-0.2, -0.15) is 0 Å². The summed E-state index contributed by atoms with van der Waals surface area (Å²) in [5, 5.41) is 0. The van der Waals surface area contributed by atoms with Crippen LogP contribution in [0.4, 0.5) is 0 Å². The largest absolute Gasteiger partial charge is 0.462 e. The average Bonchev–Trinajstić information content (AvgIpc) is 3.39. The van der Waals surface area contributed by atoms with E-state index in [1.54, 1.807) is 0 Å². The van der Waals surface area contributed by atoms with Crippen LogP contribution >= 0.6 is 0 Å². The van der Waals surface area contributed by atoms with Crippen molar-refractivity contribution in [3.8, 4) is 0 Å². The van der Waals surface area contributed by atoms with E-state index < -0.39 is 6.10 Å². The van der Waals surface area contributed by atoms with Gasteiger partial charge in [0.2, 0.25) is 0 Å². The Balaban J connectivity index is 4.20. The van der Waals surface area contributed by atoms with Gasteiger partial charge in [0, 0.05) is 19.3 Å². The van der Waals surface area contributed by atoms with E-state index in [-0.39, 0.29) is 31.1 Å². The lowest BCUT2D eigenvalue weighted by Gasteiger charge is -2.18. The first-order valence-electron chi connectivity index (χ1n) is 29.3. The predicted molar refractivity (Wildman–Crippen MR) is 315 cm³/mol. The topological polar surface area (TPSA) is 78.9 Å². The second-order valence-corrected chi connectivity index (χ2v) is 18.8. The number of hydrogen-bond donors (Lipinski definition) is 0. The number of rotatable bonds is 51. The fraction of sp³-hybridized carbons (Fsp3) is 0.597. The van der Waals surface area contributed by atoms with Crippen molar-refractivity contribution < 1.29 is 28.6 Å². The van der Waals surface area contributed by atoms with Gasteiger partial charge >= 0.3 is 17.9 Å². The van der Waals surface area contributed by atoms with E-state index in [1.165, 1.54) is 32.1 Å². The van der Waals surface area contributed by atoms with Crippen LogP contribution in [0.2, 0.25) is 0 Å². The second-order valence-electron chi connectivity index (χ2n) is 18.8. The van der Waals surface area contributed by atoms with Crippen LogP contribution in [0.5, 0.6) is 0 Å². The van der Waals surface area contributed by atoms with E-state index in [4.69, 9.17) is 14.2 Å². The Hall–Kier alpha value is -4.71. The third kappa shape index (κ3) is 58.1. The molecule has 0 aliphatic rings. The van der Waals surface area contributed by atoms with Gasteiger partial charge in [-0.3, -0.25) is 14.4 Å². The van der Waals surface area contributed by atoms with Gasteiger partial charge in [0.25, 0.3) is 0 Å². The summed E-state index contributed by atoms with van der Waals surface area (Å²) in [7, 11) is 0. The van der Waals surface area contributed by atoms with Crippen molar-refractivity contribution in [1.82, 2.24) is 0 Å². The molecule has 0 rings (SSSR count). The van der Waals surface area contributed by atoms with Crippen molar-refractivity contribution in [1.29, 1.82) is 0 Å². The first kappa shape index (κ1) is 68.3. The third-order valence-electron chi connectivity index (χ3n) is 11.8. The van der Waals surface area contributed by atoms with Crippen molar-refractivity contribution in [3.63, 3.8) is 0 Å². The molecule has 0 aromatic carbocycles. The first-order chi connectivity index (χ1) is 36.0. The molecule has 0 amide bonds. The molecule has 0 aromatic heterocycles. The number of unbranched alkanes of at least 4 members (excludes halogenated alkanes) is 16. The molecule has 6 nitrogen and oxygen atoms in total. The van der Waals surface area contributed by atoms with Crippen LogP contribution in [0.1, 0.15) is 239 Å². The summed E-state index contributed by atoms with van der Waals surface area (Å²) in [5.41, 5.74) is 0. The number of hydrogen-bond acceptors (Lipinski definition) is 6. The normalized spacial score (nSPS) is 13.2. The van der Waals surface area contributed by atoms with Crippen molar-refractivity contribution in [3.05, 3.63) is 146 Å². The molecule has 0 heterocycles. The zero-order valence-corrected chi connectivity index (χ0v) is 46.8. The summed E-state index contributed by atoms with van der Waals surface area (Å²) in [6.07, 6.45) is 86.0. The minimum absolute atomic E-state index is 0.0954.